The number of nitro benzene ring substituents is 1. The van der Waals surface area contributed by atoms with E-state index < -0.39 is 14.0 Å². The van der Waals surface area contributed by atoms with Crippen LogP contribution in [0, 0.1) is 13.7 Å². The van der Waals surface area contributed by atoms with Crippen molar-refractivity contribution in [3.8, 4) is 0 Å². The number of halogens is 3. The highest BCUT2D eigenvalue weighted by Crippen LogP contribution is 2.33. The summed E-state index contributed by atoms with van der Waals surface area (Å²) < 4.78 is 22.5. The van der Waals surface area contributed by atoms with E-state index in [1.165, 1.54) is 12.1 Å². The Labute approximate surface area is 112 Å². The molecule has 0 saturated heterocycles. The lowest BCUT2D eigenvalue weighted by Gasteiger charge is -2.02. The van der Waals surface area contributed by atoms with Gasteiger partial charge in [0.15, 0.2) is 0 Å². The maximum Gasteiger partial charge on any atom is 0.285 e. The third-order valence-corrected chi connectivity index (χ3v) is 4.75. The normalized spacial score (nSPS) is 11.4. The molecule has 0 spiro atoms. The van der Waals surface area contributed by atoms with Crippen LogP contribution in [0.5, 0.6) is 0 Å². The van der Waals surface area contributed by atoms with Gasteiger partial charge in [-0.3, -0.25) is 10.1 Å². The van der Waals surface area contributed by atoms with Crippen LogP contribution in [0.2, 0.25) is 0 Å². The van der Waals surface area contributed by atoms with Crippen LogP contribution in [-0.2, 0) is 9.05 Å². The fraction of sp³-hybridized carbons (Fsp3) is 0. The van der Waals surface area contributed by atoms with Gasteiger partial charge in [-0.05, 0) is 28.7 Å². The second-order valence-corrected chi connectivity index (χ2v) is 6.96. The molecule has 0 unspecified atom stereocenters. The summed E-state index contributed by atoms with van der Waals surface area (Å²) in [6.45, 7) is 0. The maximum atomic E-state index is 11.1. The number of hydrogen-bond donors (Lipinski definition) is 0. The van der Waals surface area contributed by atoms with Crippen molar-refractivity contribution in [2.24, 2.45) is 0 Å². The van der Waals surface area contributed by atoms with Gasteiger partial charge in [0.05, 0.1) is 4.92 Å². The van der Waals surface area contributed by atoms with Gasteiger partial charge in [0.2, 0.25) is 0 Å². The number of rotatable bonds is 2. The summed E-state index contributed by atoms with van der Waals surface area (Å²) in [4.78, 5) is 9.65. The Kier molecular flexibility index (Phi) is 3.95. The molecule has 1 rings (SSSR count). The van der Waals surface area contributed by atoms with Crippen LogP contribution in [0.3, 0.4) is 0 Å². The molecule has 0 amide bonds. The highest BCUT2D eigenvalue weighted by Gasteiger charge is 2.23. The Morgan fingerprint density at radius 1 is 1.47 bits per heavy atom. The fourth-order valence-corrected chi connectivity index (χ4v) is 4.18. The summed E-state index contributed by atoms with van der Waals surface area (Å²) in [5, 5.41) is 10.6. The monoisotopic (exact) mass is 425 g/mol. The van der Waals surface area contributed by atoms with Crippen LogP contribution in [0.4, 0.5) is 5.69 Å². The van der Waals surface area contributed by atoms with Gasteiger partial charge in [0, 0.05) is 21.2 Å². The number of hydrogen-bond acceptors (Lipinski definition) is 4. The lowest BCUT2D eigenvalue weighted by atomic mass is 10.3. The van der Waals surface area contributed by atoms with Crippen molar-refractivity contribution >= 4 is 63.9 Å². The third-order valence-electron chi connectivity index (χ3n) is 1.44. The molecule has 9 heteroatoms. The topological polar surface area (TPSA) is 77.3 Å². The molecule has 0 N–H and O–H groups in total. The molecule has 1 aromatic rings. The minimum atomic E-state index is -3.98. The average molecular weight is 426 g/mol. The van der Waals surface area contributed by atoms with Crippen molar-refractivity contribution in [2.45, 2.75) is 4.90 Å². The zero-order chi connectivity index (χ0) is 11.8. The molecular weight excluding hydrogens is 424 g/mol. The summed E-state index contributed by atoms with van der Waals surface area (Å²) in [5.41, 5.74) is -0.302. The molecule has 5 nitrogen and oxygen atoms in total. The molecule has 0 aliphatic carbocycles. The Morgan fingerprint density at radius 2 is 2.00 bits per heavy atom. The van der Waals surface area contributed by atoms with Gasteiger partial charge in [-0.15, -0.1) is 0 Å². The van der Waals surface area contributed by atoms with Crippen molar-refractivity contribution < 1.29 is 13.3 Å². The van der Waals surface area contributed by atoms with Gasteiger partial charge in [-0.25, -0.2) is 8.42 Å². The first-order valence-corrected chi connectivity index (χ1v) is 7.49. The summed E-state index contributed by atoms with van der Waals surface area (Å²) in [7, 11) is 1.15. The molecule has 0 fully saturated rings. The van der Waals surface area contributed by atoms with Gasteiger partial charge in [-0.1, -0.05) is 15.9 Å². The van der Waals surface area contributed by atoms with Crippen molar-refractivity contribution in [2.75, 3.05) is 0 Å². The second kappa shape index (κ2) is 4.52. The first kappa shape index (κ1) is 13.1. The third kappa shape index (κ3) is 3.02. The van der Waals surface area contributed by atoms with Crippen LogP contribution in [-0.4, -0.2) is 13.3 Å². The molecule has 0 atom stereocenters. The van der Waals surface area contributed by atoms with Crippen LogP contribution < -0.4 is 0 Å². The smallest absolute Gasteiger partial charge is 0.258 e. The van der Waals surface area contributed by atoms with Crippen molar-refractivity contribution in [1.82, 2.24) is 0 Å². The maximum absolute atomic E-state index is 11.1. The predicted molar refractivity (Wildman–Crippen MR) is 66.6 cm³/mol. The first-order chi connectivity index (χ1) is 6.73. The highest BCUT2D eigenvalue weighted by atomic mass is 127. The summed E-state index contributed by atoms with van der Waals surface area (Å²) in [6.07, 6.45) is 0. The molecule has 15 heavy (non-hydrogen) atoms. The van der Waals surface area contributed by atoms with E-state index in [1.54, 1.807) is 22.6 Å². The zero-order valence-electron chi connectivity index (χ0n) is 6.78. The largest absolute Gasteiger partial charge is 0.285 e. The van der Waals surface area contributed by atoms with E-state index in [2.05, 4.69) is 15.9 Å². The Balaban J connectivity index is 3.63. The summed E-state index contributed by atoms with van der Waals surface area (Å²) in [5.74, 6) is 0. The lowest BCUT2D eigenvalue weighted by Crippen LogP contribution is -1.99. The Hall–Kier alpha value is 0.0700. The van der Waals surface area contributed by atoms with Crippen LogP contribution in [0.15, 0.2) is 21.5 Å². The van der Waals surface area contributed by atoms with Gasteiger partial charge in [0.1, 0.15) is 8.47 Å². The van der Waals surface area contributed by atoms with Gasteiger partial charge >= 0.3 is 0 Å². The van der Waals surface area contributed by atoms with Crippen LogP contribution in [0.1, 0.15) is 0 Å². The predicted octanol–water partition coefficient (Wildman–Crippen LogP) is 2.89. The van der Waals surface area contributed by atoms with Crippen LogP contribution >= 0.6 is 49.2 Å². The SMILES string of the molecule is O=[N+]([O-])c1cc(Br)cc(S(=O)(=O)Cl)c1I. The van der Waals surface area contributed by atoms with Gasteiger partial charge < -0.3 is 0 Å². The fourth-order valence-electron chi connectivity index (χ4n) is 0.861. The number of nitro groups is 1. The van der Waals surface area contributed by atoms with Crippen molar-refractivity contribution in [3.63, 3.8) is 0 Å². The van der Waals surface area contributed by atoms with E-state index >= 15 is 0 Å². The zero-order valence-corrected chi connectivity index (χ0v) is 12.1. The van der Waals surface area contributed by atoms with Crippen molar-refractivity contribution in [1.29, 1.82) is 0 Å². The van der Waals surface area contributed by atoms with E-state index in [0.717, 1.165) is 0 Å². The standard InChI is InChI=1S/C6H2BrClINO4S/c7-3-1-4(10(11)12)6(9)5(2-3)15(8,13)14/h1-2H. The summed E-state index contributed by atoms with van der Waals surface area (Å²) in [6, 6.07) is 2.43. The Bertz CT molecular complexity index is 532. The minimum absolute atomic E-state index is 0.00389. The molecule has 0 aromatic heterocycles. The molecule has 0 radical (unpaired) electrons. The molecule has 1 aromatic carbocycles. The molecule has 0 aliphatic heterocycles. The minimum Gasteiger partial charge on any atom is -0.258 e. The molecular formula is C6H2BrClINO4S. The number of benzene rings is 1. The molecule has 82 valence electrons. The highest BCUT2D eigenvalue weighted by molar-refractivity contribution is 14.1. The molecule has 0 saturated carbocycles. The van der Waals surface area contributed by atoms with E-state index in [4.69, 9.17) is 10.7 Å². The van der Waals surface area contributed by atoms with Gasteiger partial charge in [-0.2, -0.15) is 0 Å². The average Bonchev–Trinajstić information content (AvgIpc) is 2.06. The second-order valence-electron chi connectivity index (χ2n) is 2.43. The first-order valence-electron chi connectivity index (χ1n) is 3.31. The van der Waals surface area contributed by atoms with E-state index in [9.17, 15) is 18.5 Å². The molecule has 0 bridgehead atoms. The quantitative estimate of drug-likeness (QED) is 0.315. The van der Waals surface area contributed by atoms with Crippen LogP contribution in [0.25, 0.3) is 0 Å². The van der Waals surface area contributed by atoms with Gasteiger partial charge in [0.25, 0.3) is 14.7 Å². The summed E-state index contributed by atoms with van der Waals surface area (Å²) >= 11 is 4.55. The molecule has 0 heterocycles. The number of nitrogens with zero attached hydrogens (tertiary/aromatic N) is 1. The molecule has 0 aliphatic rings. The van der Waals surface area contributed by atoms with E-state index in [0.29, 0.717) is 0 Å². The van der Waals surface area contributed by atoms with E-state index in [1.807, 2.05) is 0 Å². The van der Waals surface area contributed by atoms with Crippen molar-refractivity contribution in [3.05, 3.63) is 30.3 Å². The Morgan fingerprint density at radius 3 is 2.40 bits per heavy atom. The lowest BCUT2D eigenvalue weighted by molar-refractivity contribution is -0.386. The van der Waals surface area contributed by atoms with E-state index in [-0.39, 0.29) is 18.6 Å².